The van der Waals surface area contributed by atoms with Crippen molar-refractivity contribution in [3.8, 4) is 5.75 Å². The summed E-state index contributed by atoms with van der Waals surface area (Å²) in [6.45, 7) is 1.35. The molecule has 0 aliphatic heterocycles. The number of rotatable bonds is 7. The first kappa shape index (κ1) is 13.5. The highest BCUT2D eigenvalue weighted by atomic mass is 16.5. The number of hydrogen-bond donors (Lipinski definition) is 2. The van der Waals surface area contributed by atoms with Gasteiger partial charge in [-0.1, -0.05) is 18.2 Å². The Morgan fingerprint density at radius 3 is 2.76 bits per heavy atom. The van der Waals surface area contributed by atoms with Gasteiger partial charge in [0.05, 0.1) is 7.11 Å². The van der Waals surface area contributed by atoms with Crippen molar-refractivity contribution in [1.82, 2.24) is 10.6 Å². The minimum absolute atomic E-state index is 0.0780. The molecule has 0 unspecified atom stereocenters. The van der Waals surface area contributed by atoms with Crippen LogP contribution in [0.5, 0.6) is 5.75 Å². The molecule has 1 amide bonds. The van der Waals surface area contributed by atoms with Crippen LogP contribution < -0.4 is 15.4 Å². The van der Waals surface area contributed by atoms with Crippen molar-refractivity contribution in [3.05, 3.63) is 29.8 Å². The van der Waals surface area contributed by atoms with Gasteiger partial charge in [0.15, 0.2) is 0 Å². The second kappa shape index (κ2) is 7.68. The number of hydrogen-bond acceptors (Lipinski definition) is 3. The molecule has 2 N–H and O–H groups in total. The number of para-hydroxylation sites is 1. The number of benzene rings is 1. The summed E-state index contributed by atoms with van der Waals surface area (Å²) in [6, 6.07) is 7.85. The first-order valence-electron chi connectivity index (χ1n) is 5.81. The predicted molar refractivity (Wildman–Crippen MR) is 68.3 cm³/mol. The molecular weight excluding hydrogens is 216 g/mol. The zero-order chi connectivity index (χ0) is 12.5. The molecule has 0 spiro atoms. The lowest BCUT2D eigenvalue weighted by Gasteiger charge is -2.09. The number of ether oxygens (including phenoxy) is 1. The average molecular weight is 236 g/mol. The molecule has 0 saturated heterocycles. The smallest absolute Gasteiger partial charge is 0.221 e. The number of carbonyl (C=O) groups is 1. The van der Waals surface area contributed by atoms with E-state index in [0.29, 0.717) is 19.5 Å². The summed E-state index contributed by atoms with van der Waals surface area (Å²) < 4.78 is 5.25. The normalized spacial score (nSPS) is 10.0. The molecule has 0 heterocycles. The minimum Gasteiger partial charge on any atom is -0.496 e. The summed E-state index contributed by atoms with van der Waals surface area (Å²) in [7, 11) is 3.49. The molecule has 0 aliphatic rings. The summed E-state index contributed by atoms with van der Waals surface area (Å²) in [5.74, 6) is 0.950. The van der Waals surface area contributed by atoms with Crippen LogP contribution in [0.25, 0.3) is 0 Å². The molecule has 1 aromatic carbocycles. The van der Waals surface area contributed by atoms with E-state index in [2.05, 4.69) is 10.6 Å². The number of carbonyl (C=O) groups excluding carboxylic acids is 1. The lowest BCUT2D eigenvalue weighted by Crippen LogP contribution is -2.28. The number of amides is 1. The maximum Gasteiger partial charge on any atom is 0.221 e. The van der Waals surface area contributed by atoms with E-state index in [4.69, 9.17) is 4.74 Å². The third-order valence-electron chi connectivity index (χ3n) is 2.51. The van der Waals surface area contributed by atoms with Crippen molar-refractivity contribution in [3.63, 3.8) is 0 Å². The fourth-order valence-corrected chi connectivity index (χ4v) is 1.57. The molecule has 0 bridgehead atoms. The fourth-order valence-electron chi connectivity index (χ4n) is 1.57. The largest absolute Gasteiger partial charge is 0.496 e. The first-order chi connectivity index (χ1) is 8.27. The maximum atomic E-state index is 11.4. The monoisotopic (exact) mass is 236 g/mol. The number of methoxy groups -OCH3 is 1. The molecule has 4 heteroatoms. The third kappa shape index (κ3) is 4.87. The van der Waals surface area contributed by atoms with Crippen molar-refractivity contribution in [2.75, 3.05) is 27.2 Å². The van der Waals surface area contributed by atoms with E-state index in [1.807, 2.05) is 31.3 Å². The molecule has 17 heavy (non-hydrogen) atoms. The van der Waals surface area contributed by atoms with E-state index < -0.39 is 0 Å². The van der Waals surface area contributed by atoms with Crippen LogP contribution in [0.2, 0.25) is 0 Å². The van der Waals surface area contributed by atoms with Crippen molar-refractivity contribution < 1.29 is 9.53 Å². The SMILES string of the molecule is CNCCC(=O)NCCc1ccccc1OC. The summed E-state index contributed by atoms with van der Waals surface area (Å²) in [5.41, 5.74) is 1.11. The molecule has 0 aromatic heterocycles. The fraction of sp³-hybridized carbons (Fsp3) is 0.462. The minimum atomic E-state index is 0.0780. The van der Waals surface area contributed by atoms with Crippen LogP contribution in [-0.4, -0.2) is 33.2 Å². The van der Waals surface area contributed by atoms with Crippen LogP contribution in [-0.2, 0) is 11.2 Å². The Hall–Kier alpha value is -1.55. The summed E-state index contributed by atoms with van der Waals surface area (Å²) in [4.78, 5) is 11.4. The molecule has 0 radical (unpaired) electrons. The molecule has 1 aromatic rings. The Labute approximate surface area is 102 Å². The molecular formula is C13H20N2O2. The summed E-state index contributed by atoms with van der Waals surface area (Å²) in [5, 5.41) is 5.83. The van der Waals surface area contributed by atoms with Gasteiger partial charge < -0.3 is 15.4 Å². The Balaban J connectivity index is 2.33. The van der Waals surface area contributed by atoms with E-state index in [0.717, 1.165) is 17.7 Å². The van der Waals surface area contributed by atoms with E-state index in [-0.39, 0.29) is 5.91 Å². The van der Waals surface area contributed by atoms with E-state index in [1.54, 1.807) is 7.11 Å². The van der Waals surface area contributed by atoms with Gasteiger partial charge in [-0.25, -0.2) is 0 Å². The highest BCUT2D eigenvalue weighted by Gasteiger charge is 2.03. The molecule has 0 aliphatic carbocycles. The zero-order valence-electron chi connectivity index (χ0n) is 10.5. The molecule has 0 atom stereocenters. The van der Waals surface area contributed by atoms with Gasteiger partial charge in [-0.3, -0.25) is 4.79 Å². The molecule has 94 valence electrons. The highest BCUT2D eigenvalue weighted by Crippen LogP contribution is 2.17. The van der Waals surface area contributed by atoms with Crippen LogP contribution in [0.4, 0.5) is 0 Å². The van der Waals surface area contributed by atoms with Gasteiger partial charge in [0, 0.05) is 19.5 Å². The van der Waals surface area contributed by atoms with Gasteiger partial charge in [-0.2, -0.15) is 0 Å². The first-order valence-corrected chi connectivity index (χ1v) is 5.81. The Bertz CT molecular complexity index is 353. The standard InChI is InChI=1S/C13H20N2O2/c1-14-9-8-13(16)15-10-7-11-5-3-4-6-12(11)17-2/h3-6,14H,7-10H2,1-2H3,(H,15,16). The van der Waals surface area contributed by atoms with Crippen molar-refractivity contribution >= 4 is 5.91 Å². The van der Waals surface area contributed by atoms with Crippen molar-refractivity contribution in [1.29, 1.82) is 0 Å². The second-order valence-electron chi connectivity index (χ2n) is 3.77. The van der Waals surface area contributed by atoms with Gasteiger partial charge in [-0.15, -0.1) is 0 Å². The van der Waals surface area contributed by atoms with E-state index in [9.17, 15) is 4.79 Å². The Morgan fingerprint density at radius 1 is 1.29 bits per heavy atom. The van der Waals surface area contributed by atoms with Crippen LogP contribution in [0.15, 0.2) is 24.3 Å². The Morgan fingerprint density at radius 2 is 2.06 bits per heavy atom. The van der Waals surface area contributed by atoms with Crippen molar-refractivity contribution in [2.24, 2.45) is 0 Å². The van der Waals surface area contributed by atoms with E-state index >= 15 is 0 Å². The van der Waals surface area contributed by atoms with Gasteiger partial charge >= 0.3 is 0 Å². The third-order valence-corrected chi connectivity index (χ3v) is 2.51. The van der Waals surface area contributed by atoms with Crippen molar-refractivity contribution in [2.45, 2.75) is 12.8 Å². The van der Waals surface area contributed by atoms with Gasteiger partial charge in [0.1, 0.15) is 5.75 Å². The Kier molecular flexibility index (Phi) is 6.10. The predicted octanol–water partition coefficient (Wildman–Crippen LogP) is 0.963. The highest BCUT2D eigenvalue weighted by molar-refractivity contribution is 5.76. The topological polar surface area (TPSA) is 50.4 Å². The van der Waals surface area contributed by atoms with Crippen LogP contribution in [0.3, 0.4) is 0 Å². The summed E-state index contributed by atoms with van der Waals surface area (Å²) >= 11 is 0. The van der Waals surface area contributed by atoms with Gasteiger partial charge in [-0.05, 0) is 25.1 Å². The molecule has 0 saturated carbocycles. The second-order valence-corrected chi connectivity index (χ2v) is 3.77. The zero-order valence-corrected chi connectivity index (χ0v) is 10.5. The quantitative estimate of drug-likeness (QED) is 0.741. The van der Waals surface area contributed by atoms with Crippen LogP contribution >= 0.6 is 0 Å². The molecule has 0 fully saturated rings. The van der Waals surface area contributed by atoms with Gasteiger partial charge in [0.25, 0.3) is 0 Å². The lowest BCUT2D eigenvalue weighted by molar-refractivity contribution is -0.120. The lowest BCUT2D eigenvalue weighted by atomic mass is 10.1. The maximum absolute atomic E-state index is 11.4. The summed E-state index contributed by atoms with van der Waals surface area (Å²) in [6.07, 6.45) is 1.30. The molecule has 4 nitrogen and oxygen atoms in total. The molecule has 1 rings (SSSR count). The van der Waals surface area contributed by atoms with Crippen LogP contribution in [0, 0.1) is 0 Å². The van der Waals surface area contributed by atoms with Gasteiger partial charge in [0.2, 0.25) is 5.91 Å². The van der Waals surface area contributed by atoms with Crippen LogP contribution in [0.1, 0.15) is 12.0 Å². The average Bonchev–Trinajstić information content (AvgIpc) is 2.37. The number of nitrogens with one attached hydrogen (secondary N) is 2. The van der Waals surface area contributed by atoms with E-state index in [1.165, 1.54) is 0 Å².